The first-order chi connectivity index (χ1) is 20.4. The zero-order chi connectivity index (χ0) is 32.2. The summed E-state index contributed by atoms with van der Waals surface area (Å²) >= 11 is 0. The van der Waals surface area contributed by atoms with E-state index >= 15 is 0 Å². The van der Waals surface area contributed by atoms with E-state index < -0.39 is 30.1 Å². The molecular weight excluding hydrogens is 568 g/mol. The Morgan fingerprint density at radius 1 is 0.605 bits per heavy atom. The van der Waals surface area contributed by atoms with Crippen molar-refractivity contribution in [3.8, 4) is 0 Å². The highest BCUT2D eigenvalue weighted by atomic mass is 16.4. The molecule has 0 aromatic carbocycles. The highest BCUT2D eigenvalue weighted by Crippen LogP contribution is 2.06. The molecular formula is C27H50N6O10. The van der Waals surface area contributed by atoms with E-state index in [0.29, 0.717) is 32.7 Å². The van der Waals surface area contributed by atoms with Gasteiger partial charge in [-0.15, -0.1) is 0 Å². The number of aliphatic hydroxyl groups is 2. The van der Waals surface area contributed by atoms with Crippen molar-refractivity contribution in [3.05, 3.63) is 0 Å². The normalized spacial score (nSPS) is 18.1. The first-order valence-corrected chi connectivity index (χ1v) is 14.8. The van der Waals surface area contributed by atoms with Crippen molar-refractivity contribution < 1.29 is 49.5 Å². The highest BCUT2D eigenvalue weighted by molar-refractivity contribution is 5.78. The number of aliphatic carboxylic acids is 3. The summed E-state index contributed by atoms with van der Waals surface area (Å²) in [6.07, 6.45) is -0.0961. The maximum absolute atomic E-state index is 12.7. The van der Waals surface area contributed by atoms with Gasteiger partial charge in [0.25, 0.3) is 0 Å². The van der Waals surface area contributed by atoms with Crippen LogP contribution in [0.15, 0.2) is 0 Å². The molecule has 1 saturated heterocycles. The molecule has 1 aliphatic heterocycles. The molecule has 0 aliphatic carbocycles. The van der Waals surface area contributed by atoms with Gasteiger partial charge in [0.15, 0.2) is 0 Å². The van der Waals surface area contributed by atoms with Crippen LogP contribution in [-0.2, 0) is 24.0 Å². The molecule has 0 aromatic heterocycles. The van der Waals surface area contributed by atoms with Crippen LogP contribution in [0.2, 0.25) is 0 Å². The monoisotopic (exact) mass is 618 g/mol. The highest BCUT2D eigenvalue weighted by Gasteiger charge is 2.21. The first-order valence-electron chi connectivity index (χ1n) is 14.8. The van der Waals surface area contributed by atoms with Crippen LogP contribution in [0.5, 0.6) is 0 Å². The SMILES string of the molecule is CCCCNC(=O)C[C@H](O)C[C@H](O)CCNC(=O)CN1CCN(CC(=O)O)CCN(CC(=O)O)CCN(CC(=O)O)CC1. The average molecular weight is 619 g/mol. The Morgan fingerprint density at radius 2 is 1.00 bits per heavy atom. The molecule has 1 aliphatic rings. The van der Waals surface area contributed by atoms with Crippen LogP contribution in [0.1, 0.15) is 39.0 Å². The molecule has 0 radical (unpaired) electrons. The second-order valence-electron chi connectivity index (χ2n) is 10.9. The molecule has 7 N–H and O–H groups in total. The second-order valence-corrected chi connectivity index (χ2v) is 10.9. The third-order valence-electron chi connectivity index (χ3n) is 6.99. The van der Waals surface area contributed by atoms with Crippen molar-refractivity contribution in [3.63, 3.8) is 0 Å². The number of amides is 2. The third-order valence-corrected chi connectivity index (χ3v) is 6.99. The Hall–Kier alpha value is -2.89. The number of carbonyl (C=O) groups excluding carboxylic acids is 2. The van der Waals surface area contributed by atoms with Crippen molar-refractivity contribution in [2.75, 3.05) is 91.6 Å². The smallest absolute Gasteiger partial charge is 0.317 e. The number of nitrogens with zero attached hydrogens (tertiary/aromatic N) is 4. The number of carboxylic acid groups (broad SMARTS) is 3. The summed E-state index contributed by atoms with van der Waals surface area (Å²) in [6.45, 7) is 4.21. The number of carboxylic acids is 3. The molecule has 2 atom stereocenters. The average Bonchev–Trinajstić information content (AvgIpc) is 2.89. The van der Waals surface area contributed by atoms with E-state index in [2.05, 4.69) is 10.6 Å². The van der Waals surface area contributed by atoms with Crippen LogP contribution in [0.25, 0.3) is 0 Å². The van der Waals surface area contributed by atoms with E-state index in [0.717, 1.165) is 12.8 Å². The fourth-order valence-corrected chi connectivity index (χ4v) is 4.63. The number of carbonyl (C=O) groups is 5. The van der Waals surface area contributed by atoms with Gasteiger partial charge in [0.05, 0.1) is 44.8 Å². The van der Waals surface area contributed by atoms with E-state index in [1.165, 1.54) is 0 Å². The topological polar surface area (TPSA) is 224 Å². The molecule has 2 amide bonds. The number of hydrogen-bond donors (Lipinski definition) is 7. The minimum atomic E-state index is -1.03. The second kappa shape index (κ2) is 21.7. The van der Waals surface area contributed by atoms with Crippen molar-refractivity contribution >= 4 is 29.7 Å². The van der Waals surface area contributed by atoms with Crippen molar-refractivity contribution in [2.45, 2.75) is 51.2 Å². The van der Waals surface area contributed by atoms with Gasteiger partial charge in [0.1, 0.15) is 0 Å². The fourth-order valence-electron chi connectivity index (χ4n) is 4.63. The summed E-state index contributed by atoms with van der Waals surface area (Å²) in [7, 11) is 0. The van der Waals surface area contributed by atoms with Gasteiger partial charge >= 0.3 is 17.9 Å². The van der Waals surface area contributed by atoms with Crippen LogP contribution in [0.3, 0.4) is 0 Å². The maximum Gasteiger partial charge on any atom is 0.317 e. The Morgan fingerprint density at radius 3 is 1.40 bits per heavy atom. The molecule has 0 bridgehead atoms. The van der Waals surface area contributed by atoms with Gasteiger partial charge in [-0.05, 0) is 19.3 Å². The molecule has 0 spiro atoms. The molecule has 1 heterocycles. The Bertz CT molecular complexity index is 847. The molecule has 16 nitrogen and oxygen atoms in total. The number of unbranched alkanes of at least 4 members (excludes halogenated alkanes) is 1. The summed E-state index contributed by atoms with van der Waals surface area (Å²) < 4.78 is 0. The van der Waals surface area contributed by atoms with Gasteiger partial charge in [0, 0.05) is 65.4 Å². The van der Waals surface area contributed by atoms with E-state index in [4.69, 9.17) is 0 Å². The number of rotatable bonds is 18. The quantitative estimate of drug-likeness (QED) is 0.0782. The molecule has 16 heteroatoms. The Balaban J connectivity index is 2.68. The van der Waals surface area contributed by atoms with E-state index in [1.54, 1.807) is 19.6 Å². The number of aliphatic hydroxyl groups excluding tert-OH is 2. The summed E-state index contributed by atoms with van der Waals surface area (Å²) in [6, 6.07) is 0. The van der Waals surface area contributed by atoms with E-state index in [9.17, 15) is 49.5 Å². The van der Waals surface area contributed by atoms with E-state index in [1.807, 2.05) is 6.92 Å². The van der Waals surface area contributed by atoms with Gasteiger partial charge in [0.2, 0.25) is 11.8 Å². The lowest BCUT2D eigenvalue weighted by Crippen LogP contribution is -2.49. The van der Waals surface area contributed by atoms with E-state index in [-0.39, 0.29) is 90.0 Å². The molecule has 43 heavy (non-hydrogen) atoms. The molecule has 0 unspecified atom stereocenters. The molecule has 1 fully saturated rings. The van der Waals surface area contributed by atoms with Crippen molar-refractivity contribution in [2.24, 2.45) is 0 Å². The molecule has 248 valence electrons. The Kier molecular flexibility index (Phi) is 19.3. The molecule has 0 aromatic rings. The van der Waals surface area contributed by atoms with Gasteiger partial charge in [-0.3, -0.25) is 43.6 Å². The largest absolute Gasteiger partial charge is 0.480 e. The van der Waals surface area contributed by atoms with Crippen LogP contribution in [-0.4, -0.2) is 179 Å². The molecule has 0 saturated carbocycles. The Labute approximate surface area is 252 Å². The van der Waals surface area contributed by atoms with Crippen molar-refractivity contribution in [1.82, 2.24) is 30.2 Å². The van der Waals surface area contributed by atoms with Crippen LogP contribution in [0, 0.1) is 0 Å². The lowest BCUT2D eigenvalue weighted by Gasteiger charge is -2.32. The predicted molar refractivity (Wildman–Crippen MR) is 155 cm³/mol. The van der Waals surface area contributed by atoms with Crippen LogP contribution in [0.4, 0.5) is 0 Å². The first kappa shape index (κ1) is 38.1. The summed E-state index contributed by atoms with van der Waals surface area (Å²) in [4.78, 5) is 65.4. The van der Waals surface area contributed by atoms with Crippen LogP contribution >= 0.6 is 0 Å². The minimum Gasteiger partial charge on any atom is -0.480 e. The van der Waals surface area contributed by atoms with Crippen molar-refractivity contribution in [1.29, 1.82) is 0 Å². The lowest BCUT2D eigenvalue weighted by molar-refractivity contribution is -0.140. The zero-order valence-electron chi connectivity index (χ0n) is 25.2. The standard InChI is InChI=1S/C27H50N6O10/c1-2-3-5-28-23(36)16-22(35)15-21(34)4-6-29-24(37)17-30-7-9-31(18-25(38)39)11-13-33(20-27(42)43)14-12-32(10-8-30)19-26(40)41/h21-22,34-35H,2-20H2,1H3,(H,28,36)(H,29,37)(H,38,39)(H,40,41)(H,42,43)/t21-,22-/m1/s1. The van der Waals surface area contributed by atoms with Gasteiger partial charge in [-0.1, -0.05) is 13.3 Å². The predicted octanol–water partition coefficient (Wildman–Crippen LogP) is -2.61. The third kappa shape index (κ3) is 19.8. The van der Waals surface area contributed by atoms with Gasteiger partial charge < -0.3 is 36.2 Å². The summed E-state index contributed by atoms with van der Waals surface area (Å²) in [5, 5.41) is 53.7. The summed E-state index contributed by atoms with van der Waals surface area (Å²) in [5.74, 6) is -3.72. The van der Waals surface area contributed by atoms with Crippen LogP contribution < -0.4 is 10.6 Å². The summed E-state index contributed by atoms with van der Waals surface area (Å²) in [5.41, 5.74) is 0. The van der Waals surface area contributed by atoms with Gasteiger partial charge in [-0.2, -0.15) is 0 Å². The number of nitrogens with one attached hydrogen (secondary N) is 2. The van der Waals surface area contributed by atoms with Gasteiger partial charge in [-0.25, -0.2) is 0 Å². The zero-order valence-corrected chi connectivity index (χ0v) is 25.2. The molecule has 1 rings (SSSR count). The minimum absolute atomic E-state index is 0.00803. The maximum atomic E-state index is 12.7. The lowest BCUT2D eigenvalue weighted by atomic mass is 10.1. The fraction of sp³-hybridized carbons (Fsp3) is 0.815. The number of hydrogen-bond acceptors (Lipinski definition) is 11.